The number of hydrogen-bond acceptors (Lipinski definition) is 4. The molecule has 1 aliphatic rings. The molecule has 7 nitrogen and oxygen atoms in total. The summed E-state index contributed by atoms with van der Waals surface area (Å²) in [6, 6.07) is 4.74. The molecule has 28 heavy (non-hydrogen) atoms. The number of benzene rings is 1. The van der Waals surface area contributed by atoms with Gasteiger partial charge in [0.15, 0.2) is 0 Å². The molecule has 0 saturated heterocycles. The first kappa shape index (κ1) is 21.4. The van der Waals surface area contributed by atoms with Gasteiger partial charge in [-0.1, -0.05) is 29.3 Å². The van der Waals surface area contributed by atoms with Crippen LogP contribution in [-0.4, -0.2) is 23.4 Å². The van der Waals surface area contributed by atoms with Crippen molar-refractivity contribution in [3.8, 4) is 0 Å². The van der Waals surface area contributed by atoms with Crippen molar-refractivity contribution in [3.63, 3.8) is 0 Å². The molecule has 1 aliphatic carbocycles. The highest BCUT2D eigenvalue weighted by molar-refractivity contribution is 6.35. The average Bonchev–Trinajstić information content (AvgIpc) is 2.63. The largest absolute Gasteiger partial charge is 0.326 e. The van der Waals surface area contributed by atoms with E-state index in [0.29, 0.717) is 39.1 Å². The van der Waals surface area contributed by atoms with Gasteiger partial charge in [0, 0.05) is 35.9 Å². The molecule has 0 aromatic heterocycles. The van der Waals surface area contributed by atoms with E-state index in [1.54, 1.807) is 31.2 Å². The maximum Gasteiger partial charge on any atom is 0.275 e. The Hall–Kier alpha value is -2.86. The first-order valence-corrected chi connectivity index (χ1v) is 9.02. The van der Waals surface area contributed by atoms with Crippen LogP contribution >= 0.6 is 23.2 Å². The maximum atomic E-state index is 12.1. The fraction of sp³-hybridized carbons (Fsp3) is 0.211. The van der Waals surface area contributed by atoms with Crippen LogP contribution in [0.15, 0.2) is 52.5 Å². The number of hydrazone groups is 1. The summed E-state index contributed by atoms with van der Waals surface area (Å²) in [6.45, 7) is 3.01. The number of nitrogens with one attached hydrogen (secondary N) is 3. The highest BCUT2D eigenvalue weighted by atomic mass is 35.5. The minimum Gasteiger partial charge on any atom is -0.326 e. The maximum absolute atomic E-state index is 12.1. The van der Waals surface area contributed by atoms with Gasteiger partial charge in [0.05, 0.1) is 22.7 Å². The smallest absolute Gasteiger partial charge is 0.275 e. The summed E-state index contributed by atoms with van der Waals surface area (Å²) in [6.07, 6.45) is 3.48. The van der Waals surface area contributed by atoms with Gasteiger partial charge in [-0.2, -0.15) is 5.10 Å². The van der Waals surface area contributed by atoms with Gasteiger partial charge in [-0.15, -0.1) is 5.73 Å². The molecule has 1 aromatic rings. The summed E-state index contributed by atoms with van der Waals surface area (Å²) in [7, 11) is 0. The van der Waals surface area contributed by atoms with E-state index in [9.17, 15) is 14.4 Å². The number of rotatable bonds is 6. The van der Waals surface area contributed by atoms with Crippen LogP contribution in [0.4, 0.5) is 5.69 Å². The van der Waals surface area contributed by atoms with Crippen LogP contribution < -0.4 is 16.1 Å². The standard InChI is InChI=1S/C19H18Cl2N4O3/c1-11(9-18(27)23-17-10-14(20)5-8-16(17)21)24-25-19(28)13-3-6-15(7-4-13)22-12(2)26/h5-8,10H,3,9H2,1-2H3,(H,22,26)(H,23,27)(H,25,28). The number of anilines is 1. The quantitative estimate of drug-likeness (QED) is 0.373. The van der Waals surface area contributed by atoms with Crippen LogP contribution in [0.1, 0.15) is 26.7 Å². The molecule has 146 valence electrons. The van der Waals surface area contributed by atoms with Crippen LogP contribution in [0.3, 0.4) is 0 Å². The summed E-state index contributed by atoms with van der Waals surface area (Å²) in [5.74, 6) is -0.985. The SMILES string of the molecule is CC(=O)NC1=CCC(C(=O)NN=C(C)CC(=O)Nc2cc(Cl)ccc2Cl)=C=C1. The van der Waals surface area contributed by atoms with Crippen LogP contribution in [0.5, 0.6) is 0 Å². The van der Waals surface area contributed by atoms with Gasteiger partial charge in [0.25, 0.3) is 5.91 Å². The fourth-order valence-corrected chi connectivity index (χ4v) is 2.55. The zero-order chi connectivity index (χ0) is 20.7. The summed E-state index contributed by atoms with van der Waals surface area (Å²) in [4.78, 5) is 35.2. The van der Waals surface area contributed by atoms with Gasteiger partial charge >= 0.3 is 0 Å². The summed E-state index contributed by atoms with van der Waals surface area (Å²) in [5, 5.41) is 9.98. The first-order chi connectivity index (χ1) is 13.2. The lowest BCUT2D eigenvalue weighted by atomic mass is 10.1. The van der Waals surface area contributed by atoms with Gasteiger partial charge in [-0.25, -0.2) is 5.43 Å². The van der Waals surface area contributed by atoms with Crippen molar-refractivity contribution in [2.24, 2.45) is 5.10 Å². The highest BCUT2D eigenvalue weighted by Gasteiger charge is 2.12. The van der Waals surface area contributed by atoms with Crippen molar-refractivity contribution in [3.05, 3.63) is 57.4 Å². The van der Waals surface area contributed by atoms with Crippen molar-refractivity contribution in [2.75, 3.05) is 5.32 Å². The second-order valence-corrected chi connectivity index (χ2v) is 6.79. The van der Waals surface area contributed by atoms with Crippen molar-refractivity contribution < 1.29 is 14.4 Å². The van der Waals surface area contributed by atoms with E-state index in [0.717, 1.165) is 0 Å². The molecule has 3 N–H and O–H groups in total. The minimum absolute atomic E-state index is 0.0371. The van der Waals surface area contributed by atoms with Crippen LogP contribution in [0.2, 0.25) is 10.0 Å². The Labute approximate surface area is 172 Å². The zero-order valence-corrected chi connectivity index (χ0v) is 16.7. The number of carbonyl (C=O) groups excluding carboxylic acids is 3. The molecule has 0 spiro atoms. The molecular weight excluding hydrogens is 403 g/mol. The van der Waals surface area contributed by atoms with E-state index < -0.39 is 5.91 Å². The predicted octanol–water partition coefficient (Wildman–Crippen LogP) is 3.32. The Kier molecular flexibility index (Phi) is 7.58. The topological polar surface area (TPSA) is 99.7 Å². The van der Waals surface area contributed by atoms with Gasteiger partial charge in [-0.3, -0.25) is 14.4 Å². The predicted molar refractivity (Wildman–Crippen MR) is 109 cm³/mol. The molecule has 0 radical (unpaired) electrons. The lowest BCUT2D eigenvalue weighted by molar-refractivity contribution is -0.118. The fourth-order valence-electron chi connectivity index (χ4n) is 2.22. The normalized spacial score (nSPS) is 13.4. The average molecular weight is 421 g/mol. The van der Waals surface area contributed by atoms with E-state index in [1.807, 2.05) is 0 Å². The van der Waals surface area contributed by atoms with Crippen molar-refractivity contribution in [2.45, 2.75) is 26.7 Å². The molecule has 0 aliphatic heterocycles. The minimum atomic E-state index is -0.438. The van der Waals surface area contributed by atoms with Crippen molar-refractivity contribution in [1.82, 2.24) is 10.7 Å². The molecule has 3 amide bonds. The molecule has 9 heteroatoms. The molecule has 0 bridgehead atoms. The van der Waals surface area contributed by atoms with E-state index in [1.165, 1.54) is 13.0 Å². The van der Waals surface area contributed by atoms with Crippen LogP contribution in [0.25, 0.3) is 0 Å². The van der Waals surface area contributed by atoms with Gasteiger partial charge < -0.3 is 10.6 Å². The lowest BCUT2D eigenvalue weighted by Crippen LogP contribution is -2.24. The second kappa shape index (κ2) is 9.90. The molecule has 2 rings (SSSR count). The Morgan fingerprint density at radius 1 is 1.18 bits per heavy atom. The number of hydrogen-bond donors (Lipinski definition) is 3. The highest BCUT2D eigenvalue weighted by Crippen LogP contribution is 2.25. The third-order valence-corrected chi connectivity index (χ3v) is 4.05. The lowest BCUT2D eigenvalue weighted by Gasteiger charge is -2.09. The Morgan fingerprint density at radius 2 is 1.93 bits per heavy atom. The van der Waals surface area contributed by atoms with Gasteiger partial charge in [0.1, 0.15) is 0 Å². The number of nitrogens with zero attached hydrogens (tertiary/aromatic N) is 1. The molecule has 0 atom stereocenters. The van der Waals surface area contributed by atoms with E-state index >= 15 is 0 Å². The van der Waals surface area contributed by atoms with Crippen LogP contribution in [-0.2, 0) is 14.4 Å². The molecule has 0 fully saturated rings. The van der Waals surface area contributed by atoms with Crippen LogP contribution in [0, 0.1) is 0 Å². The summed E-state index contributed by atoms with van der Waals surface area (Å²) in [5.41, 5.74) is 6.93. The molecule has 0 unspecified atom stereocenters. The van der Waals surface area contributed by atoms with E-state index in [2.05, 4.69) is 26.9 Å². The van der Waals surface area contributed by atoms with Gasteiger partial charge in [-0.05, 0) is 25.1 Å². The number of halogens is 2. The first-order valence-electron chi connectivity index (χ1n) is 8.26. The molecule has 0 saturated carbocycles. The monoisotopic (exact) mass is 420 g/mol. The zero-order valence-electron chi connectivity index (χ0n) is 15.2. The Balaban J connectivity index is 1.89. The third-order valence-electron chi connectivity index (χ3n) is 3.49. The van der Waals surface area contributed by atoms with E-state index in [4.69, 9.17) is 23.2 Å². The molecular formula is C19H18Cl2N4O3. The van der Waals surface area contributed by atoms with Crippen molar-refractivity contribution >= 4 is 52.3 Å². The number of allylic oxidation sites excluding steroid dienone is 2. The van der Waals surface area contributed by atoms with Crippen molar-refractivity contribution in [1.29, 1.82) is 0 Å². The number of carbonyl (C=O) groups is 3. The van der Waals surface area contributed by atoms with E-state index in [-0.39, 0.29) is 18.2 Å². The molecule has 1 aromatic carbocycles. The number of amides is 3. The summed E-state index contributed by atoms with van der Waals surface area (Å²) < 4.78 is 0. The Bertz CT molecular complexity index is 944. The third kappa shape index (κ3) is 6.70. The Morgan fingerprint density at radius 3 is 2.57 bits per heavy atom. The summed E-state index contributed by atoms with van der Waals surface area (Å²) >= 11 is 11.9. The molecule has 0 heterocycles. The van der Waals surface area contributed by atoms with Gasteiger partial charge in [0.2, 0.25) is 11.8 Å². The second-order valence-electron chi connectivity index (χ2n) is 5.95.